The van der Waals surface area contributed by atoms with Gasteiger partial charge in [-0.1, -0.05) is 17.7 Å². The van der Waals surface area contributed by atoms with Gasteiger partial charge in [-0.2, -0.15) is 0 Å². The molecule has 0 radical (unpaired) electrons. The fourth-order valence-electron chi connectivity index (χ4n) is 2.97. The van der Waals surface area contributed by atoms with Crippen LogP contribution in [0.4, 0.5) is 10.5 Å². The van der Waals surface area contributed by atoms with Crippen molar-refractivity contribution in [1.82, 2.24) is 10.2 Å². The van der Waals surface area contributed by atoms with E-state index >= 15 is 0 Å². The molecule has 0 saturated carbocycles. The van der Waals surface area contributed by atoms with Crippen LogP contribution in [-0.2, 0) is 20.6 Å². The van der Waals surface area contributed by atoms with E-state index in [1.807, 2.05) is 0 Å². The van der Waals surface area contributed by atoms with Gasteiger partial charge in [0.15, 0.2) is 0 Å². The largest absolute Gasteiger partial charge is 0.325 e. The topological polar surface area (TPSA) is 86.8 Å². The number of fused-ring (bicyclic) bond motifs is 1. The number of anilines is 1. The molecule has 2 aliphatic heterocycles. The summed E-state index contributed by atoms with van der Waals surface area (Å²) in [5, 5.41) is 3.06. The van der Waals surface area contributed by atoms with Crippen LogP contribution in [0.5, 0.6) is 0 Å². The van der Waals surface area contributed by atoms with E-state index in [2.05, 4.69) is 5.32 Å². The van der Waals surface area contributed by atoms with E-state index in [1.54, 1.807) is 32.0 Å². The number of amides is 3. The first kappa shape index (κ1) is 17.0. The van der Waals surface area contributed by atoms with Gasteiger partial charge in [0, 0.05) is 18.1 Å². The Bertz CT molecular complexity index is 822. The Morgan fingerprint density at radius 1 is 1.25 bits per heavy atom. The van der Waals surface area contributed by atoms with Crippen molar-refractivity contribution in [2.75, 3.05) is 17.4 Å². The van der Waals surface area contributed by atoms with Crippen molar-refractivity contribution in [2.45, 2.75) is 31.6 Å². The zero-order valence-electron chi connectivity index (χ0n) is 13.4. The lowest BCUT2D eigenvalue weighted by atomic mass is 10.1. The molecule has 7 nitrogen and oxygen atoms in total. The average molecular weight is 372 g/mol. The summed E-state index contributed by atoms with van der Waals surface area (Å²) in [5.41, 5.74) is 0.354. The van der Waals surface area contributed by atoms with Crippen LogP contribution in [0.25, 0.3) is 0 Å². The first-order chi connectivity index (χ1) is 11.1. The number of carbonyl (C=O) groups excluding carboxylic acids is 2. The van der Waals surface area contributed by atoms with Gasteiger partial charge in [-0.05, 0) is 38.0 Å². The minimum atomic E-state index is -3.44. The molecule has 0 spiro atoms. The van der Waals surface area contributed by atoms with Crippen LogP contribution >= 0.6 is 11.6 Å². The summed E-state index contributed by atoms with van der Waals surface area (Å²) in [6, 6.07) is 4.54. The maximum absolute atomic E-state index is 12.3. The number of rotatable bonds is 4. The Labute approximate surface area is 145 Å². The second kappa shape index (κ2) is 5.63. The SMILES string of the molecule is CC1(C)NC(=O)N(CCCN2c3cc(Cl)ccc3CS2(=O)=O)C1=O. The zero-order valence-corrected chi connectivity index (χ0v) is 14.9. The molecule has 3 rings (SSSR count). The number of hydrogen-bond donors (Lipinski definition) is 1. The summed E-state index contributed by atoms with van der Waals surface area (Å²) < 4.78 is 25.9. The van der Waals surface area contributed by atoms with Crippen molar-refractivity contribution in [2.24, 2.45) is 0 Å². The number of halogens is 1. The van der Waals surface area contributed by atoms with Gasteiger partial charge in [-0.25, -0.2) is 13.2 Å². The maximum Gasteiger partial charge on any atom is 0.325 e. The Kier molecular flexibility index (Phi) is 4.00. The van der Waals surface area contributed by atoms with E-state index in [1.165, 1.54) is 4.31 Å². The molecule has 1 fully saturated rings. The van der Waals surface area contributed by atoms with Crippen molar-refractivity contribution < 1.29 is 18.0 Å². The molecule has 9 heteroatoms. The average Bonchev–Trinajstić information content (AvgIpc) is 2.82. The summed E-state index contributed by atoms with van der Waals surface area (Å²) in [7, 11) is -3.44. The molecule has 3 amide bonds. The summed E-state index contributed by atoms with van der Waals surface area (Å²) >= 11 is 5.96. The molecule has 0 aromatic heterocycles. The minimum Gasteiger partial charge on any atom is -0.324 e. The summed E-state index contributed by atoms with van der Waals surface area (Å²) in [5.74, 6) is -0.365. The van der Waals surface area contributed by atoms with Gasteiger partial charge in [0.2, 0.25) is 10.0 Å². The molecule has 1 saturated heterocycles. The number of benzene rings is 1. The Morgan fingerprint density at radius 2 is 1.96 bits per heavy atom. The molecule has 24 heavy (non-hydrogen) atoms. The number of nitrogens with zero attached hydrogens (tertiary/aromatic N) is 2. The van der Waals surface area contributed by atoms with Gasteiger partial charge in [-0.3, -0.25) is 14.0 Å². The van der Waals surface area contributed by atoms with E-state index in [0.29, 0.717) is 22.7 Å². The lowest BCUT2D eigenvalue weighted by Gasteiger charge is -2.20. The number of urea groups is 1. The molecular weight excluding hydrogens is 354 g/mol. The molecule has 0 atom stereocenters. The predicted octanol–water partition coefficient (Wildman–Crippen LogP) is 1.71. The van der Waals surface area contributed by atoms with Crippen molar-refractivity contribution in [3.8, 4) is 0 Å². The molecule has 0 bridgehead atoms. The third-order valence-electron chi connectivity index (χ3n) is 4.18. The number of imide groups is 1. The highest BCUT2D eigenvalue weighted by atomic mass is 35.5. The van der Waals surface area contributed by atoms with Crippen LogP contribution in [0, 0.1) is 0 Å². The molecule has 130 valence electrons. The van der Waals surface area contributed by atoms with Crippen LogP contribution in [0.3, 0.4) is 0 Å². The molecular formula is C15H18ClN3O4S. The molecule has 2 aliphatic rings. The number of sulfonamides is 1. The van der Waals surface area contributed by atoms with Gasteiger partial charge in [0.25, 0.3) is 5.91 Å². The van der Waals surface area contributed by atoms with Gasteiger partial charge in [0.1, 0.15) is 5.54 Å². The number of hydrogen-bond acceptors (Lipinski definition) is 4. The first-order valence-electron chi connectivity index (χ1n) is 7.55. The minimum absolute atomic E-state index is 0.0599. The standard InChI is InChI=1S/C15H18ClN3O4S/c1-15(2)13(20)18(14(21)17-15)6-3-7-19-12-8-11(16)5-4-10(12)9-24(19,22)23/h4-5,8H,3,6-7,9H2,1-2H3,(H,17,21). The van der Waals surface area contributed by atoms with E-state index < -0.39 is 21.6 Å². The smallest absolute Gasteiger partial charge is 0.324 e. The quantitative estimate of drug-likeness (QED) is 0.816. The third kappa shape index (κ3) is 2.84. The second-order valence-corrected chi connectivity index (χ2v) is 8.80. The normalized spacial score (nSPS) is 21.1. The molecule has 0 unspecified atom stereocenters. The maximum atomic E-state index is 12.3. The highest BCUT2D eigenvalue weighted by Gasteiger charge is 2.44. The van der Waals surface area contributed by atoms with Crippen LogP contribution in [0.2, 0.25) is 5.02 Å². The number of carbonyl (C=O) groups is 2. The van der Waals surface area contributed by atoms with E-state index in [-0.39, 0.29) is 24.7 Å². The molecule has 0 aliphatic carbocycles. The Balaban J connectivity index is 1.70. The van der Waals surface area contributed by atoms with E-state index in [4.69, 9.17) is 11.6 Å². The third-order valence-corrected chi connectivity index (χ3v) is 6.14. The fraction of sp³-hybridized carbons (Fsp3) is 0.467. The van der Waals surface area contributed by atoms with Crippen molar-refractivity contribution in [3.05, 3.63) is 28.8 Å². The lowest BCUT2D eigenvalue weighted by Crippen LogP contribution is -2.40. The molecule has 1 aromatic rings. The zero-order chi connectivity index (χ0) is 17.7. The predicted molar refractivity (Wildman–Crippen MR) is 90.4 cm³/mol. The van der Waals surface area contributed by atoms with Gasteiger partial charge in [0.05, 0.1) is 11.4 Å². The van der Waals surface area contributed by atoms with Crippen LogP contribution in [-0.4, -0.2) is 43.9 Å². The Hall–Kier alpha value is -1.80. The molecule has 2 heterocycles. The lowest BCUT2D eigenvalue weighted by molar-refractivity contribution is -0.130. The second-order valence-electron chi connectivity index (χ2n) is 6.47. The monoisotopic (exact) mass is 371 g/mol. The fourth-order valence-corrected chi connectivity index (χ4v) is 4.80. The van der Waals surface area contributed by atoms with E-state index in [9.17, 15) is 18.0 Å². The van der Waals surface area contributed by atoms with Gasteiger partial charge >= 0.3 is 6.03 Å². The Morgan fingerprint density at radius 3 is 2.58 bits per heavy atom. The van der Waals surface area contributed by atoms with Crippen LogP contribution < -0.4 is 9.62 Å². The van der Waals surface area contributed by atoms with Crippen LogP contribution in [0.15, 0.2) is 18.2 Å². The van der Waals surface area contributed by atoms with Gasteiger partial charge in [-0.15, -0.1) is 0 Å². The summed E-state index contributed by atoms with van der Waals surface area (Å²) in [6.07, 6.45) is 0.348. The van der Waals surface area contributed by atoms with Crippen molar-refractivity contribution >= 4 is 39.2 Å². The summed E-state index contributed by atoms with van der Waals surface area (Å²) in [4.78, 5) is 25.1. The van der Waals surface area contributed by atoms with Crippen LogP contribution in [0.1, 0.15) is 25.8 Å². The van der Waals surface area contributed by atoms with Crippen molar-refractivity contribution in [1.29, 1.82) is 0 Å². The number of nitrogens with one attached hydrogen (secondary N) is 1. The van der Waals surface area contributed by atoms with Crippen molar-refractivity contribution in [3.63, 3.8) is 0 Å². The first-order valence-corrected chi connectivity index (χ1v) is 9.53. The molecule has 1 aromatic carbocycles. The summed E-state index contributed by atoms with van der Waals surface area (Å²) in [6.45, 7) is 3.62. The highest BCUT2D eigenvalue weighted by molar-refractivity contribution is 7.92. The molecule has 1 N–H and O–H groups in total. The van der Waals surface area contributed by atoms with Gasteiger partial charge < -0.3 is 5.32 Å². The van der Waals surface area contributed by atoms with E-state index in [0.717, 1.165) is 4.90 Å². The highest BCUT2D eigenvalue weighted by Crippen LogP contribution is 2.35.